The van der Waals surface area contributed by atoms with E-state index in [2.05, 4.69) is 0 Å². The lowest BCUT2D eigenvalue weighted by atomic mass is 10.1. The molecule has 0 saturated carbocycles. The number of hydrogen-bond acceptors (Lipinski definition) is 4. The molecule has 158 valence electrons. The lowest BCUT2D eigenvalue weighted by Crippen LogP contribution is -2.27. The van der Waals surface area contributed by atoms with Crippen molar-refractivity contribution in [1.29, 1.82) is 0 Å². The van der Waals surface area contributed by atoms with Crippen molar-refractivity contribution in [3.63, 3.8) is 0 Å². The zero-order chi connectivity index (χ0) is 22.3. The van der Waals surface area contributed by atoms with E-state index in [0.717, 1.165) is 29.5 Å². The van der Waals surface area contributed by atoms with E-state index in [1.54, 1.807) is 6.07 Å². The van der Waals surface area contributed by atoms with Crippen molar-refractivity contribution in [3.05, 3.63) is 81.4 Å². The molecule has 0 atom stereocenters. The minimum Gasteiger partial charge on any atom is -0.457 e. The van der Waals surface area contributed by atoms with Gasteiger partial charge in [-0.05, 0) is 49.4 Å². The highest BCUT2D eigenvalue weighted by atomic mass is 35.5. The quantitative estimate of drug-likeness (QED) is 0.291. The zero-order valence-corrected chi connectivity index (χ0v) is 18.3. The van der Waals surface area contributed by atoms with Crippen LogP contribution in [0.5, 0.6) is 0 Å². The van der Waals surface area contributed by atoms with E-state index in [1.165, 1.54) is 23.1 Å². The van der Waals surface area contributed by atoms with Crippen molar-refractivity contribution in [3.8, 4) is 11.3 Å². The summed E-state index contributed by atoms with van der Waals surface area (Å²) in [7, 11) is 0. The third-order valence-electron chi connectivity index (χ3n) is 4.55. The number of carbonyl (C=O) groups excluding carboxylic acids is 1. The van der Waals surface area contributed by atoms with E-state index < -0.39 is 11.7 Å². The lowest BCUT2D eigenvalue weighted by Gasteiger charge is -2.14. The minimum atomic E-state index is -4.50. The van der Waals surface area contributed by atoms with Crippen molar-refractivity contribution in [2.45, 2.75) is 13.1 Å². The molecule has 1 amide bonds. The Labute approximate surface area is 190 Å². The first kappa shape index (κ1) is 21.7. The number of anilines is 1. The molecular formula is C22H13ClF3NO2S2. The fraction of sp³-hybridized carbons (Fsp3) is 0.0909. The summed E-state index contributed by atoms with van der Waals surface area (Å²) in [5.74, 6) is 0.165. The Morgan fingerprint density at radius 3 is 2.48 bits per heavy atom. The molecule has 2 aromatic carbocycles. The Morgan fingerprint density at radius 1 is 1.10 bits per heavy atom. The molecule has 1 fully saturated rings. The van der Waals surface area contributed by atoms with E-state index in [9.17, 15) is 18.0 Å². The number of aryl methyl sites for hydroxylation is 1. The monoisotopic (exact) mass is 479 g/mol. The van der Waals surface area contributed by atoms with E-state index in [1.807, 2.05) is 31.2 Å². The highest BCUT2D eigenvalue weighted by Gasteiger charge is 2.34. The predicted octanol–water partition coefficient (Wildman–Crippen LogP) is 7.33. The number of amides is 1. The van der Waals surface area contributed by atoms with Gasteiger partial charge in [-0.2, -0.15) is 13.2 Å². The maximum absolute atomic E-state index is 13.0. The van der Waals surface area contributed by atoms with Crippen LogP contribution in [0.25, 0.3) is 17.4 Å². The fourth-order valence-electron chi connectivity index (χ4n) is 2.98. The van der Waals surface area contributed by atoms with Gasteiger partial charge in [-0.25, -0.2) is 0 Å². The average Bonchev–Trinajstić information content (AvgIpc) is 3.27. The largest absolute Gasteiger partial charge is 0.457 e. The second-order valence-electron chi connectivity index (χ2n) is 6.75. The van der Waals surface area contributed by atoms with Gasteiger partial charge in [-0.15, -0.1) is 0 Å². The van der Waals surface area contributed by atoms with Crippen LogP contribution >= 0.6 is 35.6 Å². The van der Waals surface area contributed by atoms with E-state index >= 15 is 0 Å². The molecule has 0 N–H and O–H groups in total. The van der Waals surface area contributed by atoms with Gasteiger partial charge in [-0.1, -0.05) is 53.3 Å². The van der Waals surface area contributed by atoms with Crippen LogP contribution in [0.15, 0.2) is 63.9 Å². The Morgan fingerprint density at radius 2 is 1.81 bits per heavy atom. The Kier molecular flexibility index (Phi) is 5.72. The molecule has 0 aliphatic carbocycles. The second kappa shape index (κ2) is 8.18. The van der Waals surface area contributed by atoms with Crippen LogP contribution in [0.2, 0.25) is 5.02 Å². The van der Waals surface area contributed by atoms with E-state index in [-0.39, 0.29) is 22.3 Å². The number of halogens is 4. The van der Waals surface area contributed by atoms with Gasteiger partial charge in [0.15, 0.2) is 4.32 Å². The molecule has 31 heavy (non-hydrogen) atoms. The van der Waals surface area contributed by atoms with Gasteiger partial charge in [0.25, 0.3) is 5.91 Å². The molecule has 2 heterocycles. The first-order valence-electron chi connectivity index (χ1n) is 8.95. The Bertz CT molecular complexity index is 1220. The summed E-state index contributed by atoms with van der Waals surface area (Å²) in [5, 5.41) is 0.125. The van der Waals surface area contributed by atoms with Gasteiger partial charge in [-0.3, -0.25) is 9.69 Å². The molecule has 0 unspecified atom stereocenters. The van der Waals surface area contributed by atoms with Gasteiger partial charge in [0, 0.05) is 11.6 Å². The van der Waals surface area contributed by atoms with Gasteiger partial charge in [0.2, 0.25) is 0 Å². The predicted molar refractivity (Wildman–Crippen MR) is 121 cm³/mol. The Hall–Kier alpha value is -2.55. The molecule has 0 radical (unpaired) electrons. The number of hydrogen-bond donors (Lipinski definition) is 0. The lowest BCUT2D eigenvalue weighted by molar-refractivity contribution is -0.137. The summed E-state index contributed by atoms with van der Waals surface area (Å²) in [4.78, 5) is 14.6. The molecule has 3 aromatic rings. The number of thioether (sulfide) groups is 1. The fourth-order valence-corrected chi connectivity index (χ4v) is 4.47. The third-order valence-corrected chi connectivity index (χ3v) is 6.18. The topological polar surface area (TPSA) is 33.5 Å². The standard InChI is InChI=1S/C22H13ClF3NO2S2/c1-12-2-5-14(6-3-12)27-20(28)19(31-21(27)30)11-15-7-9-18(29-15)16-10-13(22(24,25)26)4-8-17(16)23/h2-11H,1H3/b19-11+. The maximum Gasteiger partial charge on any atom is 0.416 e. The van der Waals surface area contributed by atoms with Gasteiger partial charge in [0.1, 0.15) is 11.5 Å². The van der Waals surface area contributed by atoms with Crippen LogP contribution in [0.1, 0.15) is 16.9 Å². The summed E-state index contributed by atoms with van der Waals surface area (Å²) in [6.07, 6.45) is -2.99. The molecule has 1 saturated heterocycles. The second-order valence-corrected chi connectivity index (χ2v) is 8.83. The van der Waals surface area contributed by atoms with Crippen LogP contribution < -0.4 is 4.90 Å². The smallest absolute Gasteiger partial charge is 0.416 e. The molecule has 1 aliphatic heterocycles. The van der Waals surface area contributed by atoms with Gasteiger partial charge in [0.05, 0.1) is 21.2 Å². The summed E-state index contributed by atoms with van der Waals surface area (Å²) in [6, 6.07) is 13.5. The number of furan rings is 1. The van der Waals surface area contributed by atoms with Crippen molar-refractivity contribution >= 4 is 57.6 Å². The third kappa shape index (κ3) is 4.42. The number of benzene rings is 2. The summed E-state index contributed by atoms with van der Waals surface area (Å²) in [5.41, 5.74) is 1.00. The molecule has 3 nitrogen and oxygen atoms in total. The van der Waals surface area contributed by atoms with E-state index in [0.29, 0.717) is 20.7 Å². The van der Waals surface area contributed by atoms with Crippen molar-refractivity contribution in [1.82, 2.24) is 0 Å². The van der Waals surface area contributed by atoms with Gasteiger partial charge >= 0.3 is 6.18 Å². The number of carbonyl (C=O) groups is 1. The summed E-state index contributed by atoms with van der Waals surface area (Å²) in [6.45, 7) is 1.94. The maximum atomic E-state index is 13.0. The number of alkyl halides is 3. The minimum absolute atomic E-state index is 0.114. The van der Waals surface area contributed by atoms with Crippen LogP contribution in [-0.2, 0) is 11.0 Å². The van der Waals surface area contributed by atoms with Crippen molar-refractivity contribution in [2.24, 2.45) is 0 Å². The summed E-state index contributed by atoms with van der Waals surface area (Å²) >= 11 is 12.5. The molecule has 0 spiro atoms. The Balaban J connectivity index is 1.63. The van der Waals surface area contributed by atoms with Crippen LogP contribution in [0.3, 0.4) is 0 Å². The highest BCUT2D eigenvalue weighted by Crippen LogP contribution is 2.39. The number of nitrogens with zero attached hydrogens (tertiary/aromatic N) is 1. The number of rotatable bonds is 3. The molecule has 1 aliphatic rings. The SMILES string of the molecule is Cc1ccc(N2C(=O)/C(=C\c3ccc(-c4cc(C(F)(F)F)ccc4Cl)o3)SC2=S)cc1. The molecule has 9 heteroatoms. The van der Waals surface area contributed by atoms with E-state index in [4.69, 9.17) is 28.2 Å². The molecule has 4 rings (SSSR count). The normalized spacial score (nSPS) is 15.9. The molecular weight excluding hydrogens is 467 g/mol. The van der Waals surface area contributed by atoms with Gasteiger partial charge < -0.3 is 4.42 Å². The average molecular weight is 480 g/mol. The van der Waals surface area contributed by atoms with Crippen molar-refractivity contribution < 1.29 is 22.4 Å². The van der Waals surface area contributed by atoms with Crippen LogP contribution in [0, 0.1) is 6.92 Å². The number of thiocarbonyl (C=S) groups is 1. The molecule has 1 aromatic heterocycles. The first-order chi connectivity index (χ1) is 14.6. The van der Waals surface area contributed by atoms with Crippen LogP contribution in [0.4, 0.5) is 18.9 Å². The van der Waals surface area contributed by atoms with Crippen molar-refractivity contribution in [2.75, 3.05) is 4.90 Å². The highest BCUT2D eigenvalue weighted by molar-refractivity contribution is 8.27. The zero-order valence-electron chi connectivity index (χ0n) is 15.9. The summed E-state index contributed by atoms with van der Waals surface area (Å²) < 4.78 is 45.1. The molecule has 0 bridgehead atoms. The van der Waals surface area contributed by atoms with Crippen LogP contribution in [-0.4, -0.2) is 10.2 Å². The first-order valence-corrected chi connectivity index (χ1v) is 10.6.